The first-order valence-corrected chi connectivity index (χ1v) is 7.90. The van der Waals surface area contributed by atoms with Crippen molar-refractivity contribution in [1.29, 1.82) is 0 Å². The number of carbonyl (C=O) groups excluding carboxylic acids is 1. The fourth-order valence-electron chi connectivity index (χ4n) is 2.04. The SMILES string of the molecule is COc1ccc(-c2cc(COC(=O)Cc3cccs3)on2)cc1. The van der Waals surface area contributed by atoms with Gasteiger partial charge in [-0.3, -0.25) is 4.79 Å². The first-order valence-electron chi connectivity index (χ1n) is 7.02. The van der Waals surface area contributed by atoms with Crippen molar-refractivity contribution in [3.8, 4) is 17.0 Å². The molecule has 0 radical (unpaired) electrons. The van der Waals surface area contributed by atoms with Crippen LogP contribution in [-0.4, -0.2) is 18.2 Å². The van der Waals surface area contributed by atoms with Gasteiger partial charge in [-0.15, -0.1) is 11.3 Å². The Morgan fingerprint density at radius 1 is 1.26 bits per heavy atom. The van der Waals surface area contributed by atoms with E-state index in [1.807, 2.05) is 41.8 Å². The number of aromatic nitrogens is 1. The summed E-state index contributed by atoms with van der Waals surface area (Å²) in [5.74, 6) is 1.00. The van der Waals surface area contributed by atoms with Crippen LogP contribution in [0.2, 0.25) is 0 Å². The minimum atomic E-state index is -0.283. The van der Waals surface area contributed by atoms with Crippen LogP contribution in [0.1, 0.15) is 10.6 Å². The Morgan fingerprint density at radius 2 is 2.09 bits per heavy atom. The number of benzene rings is 1. The maximum absolute atomic E-state index is 11.7. The van der Waals surface area contributed by atoms with E-state index in [1.54, 1.807) is 13.2 Å². The van der Waals surface area contributed by atoms with Gasteiger partial charge in [-0.1, -0.05) is 11.2 Å². The summed E-state index contributed by atoms with van der Waals surface area (Å²) in [7, 11) is 1.62. The molecule has 0 saturated heterocycles. The number of methoxy groups -OCH3 is 1. The lowest BCUT2D eigenvalue weighted by Crippen LogP contribution is -2.06. The van der Waals surface area contributed by atoms with E-state index < -0.39 is 0 Å². The first-order chi connectivity index (χ1) is 11.2. The molecule has 6 heteroatoms. The van der Waals surface area contributed by atoms with Gasteiger partial charge in [0.1, 0.15) is 11.4 Å². The summed E-state index contributed by atoms with van der Waals surface area (Å²) in [5, 5.41) is 5.92. The Morgan fingerprint density at radius 3 is 2.78 bits per heavy atom. The second kappa shape index (κ2) is 7.11. The Labute approximate surface area is 137 Å². The summed E-state index contributed by atoms with van der Waals surface area (Å²) >= 11 is 1.53. The lowest BCUT2D eigenvalue weighted by atomic mass is 10.1. The molecular weight excluding hydrogens is 314 g/mol. The number of thiophene rings is 1. The number of ether oxygens (including phenoxy) is 2. The van der Waals surface area contributed by atoms with E-state index in [4.69, 9.17) is 14.0 Å². The molecule has 118 valence electrons. The molecule has 1 aromatic carbocycles. The highest BCUT2D eigenvalue weighted by atomic mass is 32.1. The summed E-state index contributed by atoms with van der Waals surface area (Å²) in [5.41, 5.74) is 1.60. The first kappa shape index (κ1) is 15.3. The van der Waals surface area contributed by atoms with Crippen LogP contribution in [-0.2, 0) is 22.6 Å². The third-order valence-electron chi connectivity index (χ3n) is 3.22. The Kier molecular flexibility index (Phi) is 4.73. The molecule has 0 amide bonds. The topological polar surface area (TPSA) is 61.6 Å². The smallest absolute Gasteiger partial charge is 0.311 e. The van der Waals surface area contributed by atoms with Gasteiger partial charge in [0.2, 0.25) is 0 Å². The van der Waals surface area contributed by atoms with Gasteiger partial charge in [0, 0.05) is 16.5 Å². The van der Waals surface area contributed by atoms with Gasteiger partial charge < -0.3 is 14.0 Å². The zero-order valence-electron chi connectivity index (χ0n) is 12.5. The van der Waals surface area contributed by atoms with Gasteiger partial charge in [0.05, 0.1) is 13.5 Å². The van der Waals surface area contributed by atoms with E-state index in [0.717, 1.165) is 16.2 Å². The molecule has 0 fully saturated rings. The van der Waals surface area contributed by atoms with Crippen molar-refractivity contribution < 1.29 is 18.8 Å². The molecule has 3 rings (SSSR count). The fourth-order valence-corrected chi connectivity index (χ4v) is 2.73. The predicted octanol–water partition coefficient (Wildman–Crippen LogP) is 3.70. The largest absolute Gasteiger partial charge is 0.497 e. The highest BCUT2D eigenvalue weighted by Crippen LogP contribution is 2.22. The van der Waals surface area contributed by atoms with Gasteiger partial charge >= 0.3 is 5.97 Å². The van der Waals surface area contributed by atoms with E-state index in [-0.39, 0.29) is 19.0 Å². The maximum atomic E-state index is 11.7. The van der Waals surface area contributed by atoms with Crippen LogP contribution in [0.5, 0.6) is 5.75 Å². The zero-order valence-corrected chi connectivity index (χ0v) is 13.3. The van der Waals surface area contributed by atoms with Crippen LogP contribution in [0.15, 0.2) is 52.4 Å². The number of hydrogen-bond donors (Lipinski definition) is 0. The Bertz CT molecular complexity index is 762. The quantitative estimate of drug-likeness (QED) is 0.645. The van der Waals surface area contributed by atoms with Crippen molar-refractivity contribution in [2.75, 3.05) is 7.11 Å². The molecule has 0 atom stereocenters. The number of rotatable bonds is 6. The lowest BCUT2D eigenvalue weighted by molar-refractivity contribution is -0.144. The molecule has 0 N–H and O–H groups in total. The monoisotopic (exact) mass is 329 g/mol. The van der Waals surface area contributed by atoms with Crippen molar-refractivity contribution in [1.82, 2.24) is 5.16 Å². The van der Waals surface area contributed by atoms with E-state index in [0.29, 0.717) is 11.5 Å². The minimum absolute atomic E-state index is 0.0767. The van der Waals surface area contributed by atoms with E-state index in [1.165, 1.54) is 11.3 Å². The predicted molar refractivity (Wildman–Crippen MR) is 86.3 cm³/mol. The van der Waals surface area contributed by atoms with Gasteiger partial charge in [-0.05, 0) is 35.7 Å². The number of nitrogens with zero attached hydrogens (tertiary/aromatic N) is 1. The summed E-state index contributed by atoms with van der Waals surface area (Å²) in [6, 6.07) is 13.1. The highest BCUT2D eigenvalue weighted by Gasteiger charge is 2.10. The summed E-state index contributed by atoms with van der Waals surface area (Å²) in [6.07, 6.45) is 0.275. The average molecular weight is 329 g/mol. The van der Waals surface area contributed by atoms with Crippen molar-refractivity contribution in [2.24, 2.45) is 0 Å². The third kappa shape index (κ3) is 3.98. The second-order valence-electron chi connectivity index (χ2n) is 4.82. The van der Waals surface area contributed by atoms with Crippen LogP contribution >= 0.6 is 11.3 Å². The Balaban J connectivity index is 1.57. The molecule has 2 aromatic heterocycles. The van der Waals surface area contributed by atoms with Gasteiger partial charge in [0.25, 0.3) is 0 Å². The maximum Gasteiger partial charge on any atom is 0.311 e. The average Bonchev–Trinajstić information content (AvgIpc) is 3.25. The molecule has 2 heterocycles. The molecule has 0 saturated carbocycles. The molecule has 0 unspecified atom stereocenters. The molecule has 23 heavy (non-hydrogen) atoms. The normalized spacial score (nSPS) is 10.5. The van der Waals surface area contributed by atoms with Gasteiger partial charge in [-0.25, -0.2) is 0 Å². The van der Waals surface area contributed by atoms with Crippen LogP contribution in [0, 0.1) is 0 Å². The zero-order chi connectivity index (χ0) is 16.1. The molecule has 0 aliphatic carbocycles. The molecule has 0 aliphatic heterocycles. The second-order valence-corrected chi connectivity index (χ2v) is 5.86. The number of esters is 1. The van der Waals surface area contributed by atoms with Gasteiger partial charge in [-0.2, -0.15) is 0 Å². The van der Waals surface area contributed by atoms with Crippen LogP contribution < -0.4 is 4.74 Å². The van der Waals surface area contributed by atoms with E-state index in [9.17, 15) is 4.79 Å². The summed E-state index contributed by atoms with van der Waals surface area (Å²) < 4.78 is 15.5. The highest BCUT2D eigenvalue weighted by molar-refractivity contribution is 7.10. The molecule has 5 nitrogen and oxygen atoms in total. The summed E-state index contributed by atoms with van der Waals surface area (Å²) in [4.78, 5) is 12.7. The standard InChI is InChI=1S/C17H15NO4S/c1-20-13-6-4-12(5-7-13)16-9-14(22-18-16)11-21-17(19)10-15-3-2-8-23-15/h2-9H,10-11H2,1H3. The lowest BCUT2D eigenvalue weighted by Gasteiger charge is -2.00. The van der Waals surface area contributed by atoms with Crippen molar-refractivity contribution in [2.45, 2.75) is 13.0 Å². The van der Waals surface area contributed by atoms with Crippen molar-refractivity contribution in [3.05, 3.63) is 58.5 Å². The molecule has 0 bridgehead atoms. The van der Waals surface area contributed by atoms with Crippen molar-refractivity contribution >= 4 is 17.3 Å². The number of hydrogen-bond acceptors (Lipinski definition) is 6. The van der Waals surface area contributed by atoms with E-state index >= 15 is 0 Å². The van der Waals surface area contributed by atoms with Crippen molar-refractivity contribution in [3.63, 3.8) is 0 Å². The van der Waals surface area contributed by atoms with E-state index in [2.05, 4.69) is 5.16 Å². The van der Waals surface area contributed by atoms with Crippen LogP contribution in [0.4, 0.5) is 0 Å². The van der Waals surface area contributed by atoms with Crippen LogP contribution in [0.3, 0.4) is 0 Å². The molecular formula is C17H15NO4S. The third-order valence-corrected chi connectivity index (χ3v) is 4.10. The molecule has 0 spiro atoms. The molecule has 3 aromatic rings. The minimum Gasteiger partial charge on any atom is -0.497 e. The van der Waals surface area contributed by atoms with Crippen LogP contribution in [0.25, 0.3) is 11.3 Å². The number of carbonyl (C=O) groups is 1. The molecule has 0 aliphatic rings. The fraction of sp³-hybridized carbons (Fsp3) is 0.176. The Hall–Kier alpha value is -2.60. The summed E-state index contributed by atoms with van der Waals surface area (Å²) in [6.45, 7) is 0.0767. The van der Waals surface area contributed by atoms with Gasteiger partial charge in [0.15, 0.2) is 12.4 Å².